The molecule has 1 heterocycles. The lowest BCUT2D eigenvalue weighted by Gasteiger charge is -2.33. The maximum absolute atomic E-state index is 12.0. The lowest BCUT2D eigenvalue weighted by atomic mass is 9.93. The highest BCUT2D eigenvalue weighted by Gasteiger charge is 2.22. The van der Waals surface area contributed by atoms with Crippen molar-refractivity contribution in [2.75, 3.05) is 24.5 Å². The van der Waals surface area contributed by atoms with Crippen molar-refractivity contribution in [1.82, 2.24) is 5.32 Å². The van der Waals surface area contributed by atoms with Gasteiger partial charge < -0.3 is 10.2 Å². The fraction of sp³-hybridized carbons (Fsp3) is 0.500. The van der Waals surface area contributed by atoms with Crippen molar-refractivity contribution in [3.05, 3.63) is 29.8 Å². The van der Waals surface area contributed by atoms with Gasteiger partial charge in [-0.2, -0.15) is 5.26 Å². The topological polar surface area (TPSA) is 56.1 Å². The van der Waals surface area contributed by atoms with Gasteiger partial charge in [-0.15, -0.1) is 0 Å². The minimum Gasteiger partial charge on any atom is -0.372 e. The normalized spacial score (nSPS) is 15.6. The number of hydrogen-bond donors (Lipinski definition) is 1. The molecular formula is C16H19F2N3O. The first-order chi connectivity index (χ1) is 10.6. The third-order valence-electron chi connectivity index (χ3n) is 3.90. The first-order valence-corrected chi connectivity index (χ1v) is 7.38. The van der Waals surface area contributed by atoms with E-state index in [9.17, 15) is 13.6 Å². The number of hydrogen-bond acceptors (Lipinski definition) is 3. The standard InChI is InChI=1S/C16H19F2N3O/c17-15(18)11-20-16(22)9-12-5-7-21(8-6-12)14-3-1-13(10-19)2-4-14/h1-4,12,15H,5-9,11H2,(H,20,22). The number of alkyl halides is 2. The molecule has 1 aromatic rings. The van der Waals surface area contributed by atoms with E-state index in [1.54, 1.807) is 12.1 Å². The summed E-state index contributed by atoms with van der Waals surface area (Å²) in [7, 11) is 0. The molecule has 1 amide bonds. The third kappa shape index (κ3) is 4.69. The number of anilines is 1. The van der Waals surface area contributed by atoms with E-state index in [0.717, 1.165) is 31.6 Å². The van der Waals surface area contributed by atoms with E-state index in [1.165, 1.54) is 0 Å². The van der Waals surface area contributed by atoms with Gasteiger partial charge in [-0.25, -0.2) is 8.78 Å². The van der Waals surface area contributed by atoms with Crippen molar-refractivity contribution >= 4 is 11.6 Å². The van der Waals surface area contributed by atoms with Gasteiger partial charge in [0.25, 0.3) is 6.43 Å². The number of carbonyl (C=O) groups is 1. The summed E-state index contributed by atoms with van der Waals surface area (Å²) >= 11 is 0. The Balaban J connectivity index is 1.77. The number of amides is 1. The van der Waals surface area contributed by atoms with Crippen LogP contribution in [0, 0.1) is 17.2 Å². The minimum absolute atomic E-state index is 0.243. The van der Waals surface area contributed by atoms with Crippen LogP contribution in [0.5, 0.6) is 0 Å². The Bertz CT molecular complexity index is 531. The zero-order valence-electron chi connectivity index (χ0n) is 12.3. The summed E-state index contributed by atoms with van der Waals surface area (Å²) in [6.45, 7) is 1.10. The number of nitriles is 1. The molecule has 1 aliphatic rings. The van der Waals surface area contributed by atoms with E-state index >= 15 is 0 Å². The fourth-order valence-electron chi connectivity index (χ4n) is 2.67. The SMILES string of the molecule is N#Cc1ccc(N2CCC(CC(=O)NCC(F)F)CC2)cc1. The summed E-state index contributed by atoms with van der Waals surface area (Å²) in [4.78, 5) is 13.8. The van der Waals surface area contributed by atoms with Gasteiger partial charge in [0.2, 0.25) is 5.91 Å². The maximum Gasteiger partial charge on any atom is 0.255 e. The van der Waals surface area contributed by atoms with E-state index < -0.39 is 13.0 Å². The number of nitrogens with one attached hydrogen (secondary N) is 1. The summed E-state index contributed by atoms with van der Waals surface area (Å²) in [5, 5.41) is 11.0. The first-order valence-electron chi connectivity index (χ1n) is 7.38. The molecule has 1 saturated heterocycles. The summed E-state index contributed by atoms with van der Waals surface area (Å²) in [6, 6.07) is 9.52. The van der Waals surface area contributed by atoms with Crippen LogP contribution < -0.4 is 10.2 Å². The molecule has 1 fully saturated rings. The lowest BCUT2D eigenvalue weighted by molar-refractivity contribution is -0.122. The highest BCUT2D eigenvalue weighted by molar-refractivity contribution is 5.76. The Kier molecular flexibility index (Phi) is 5.70. The van der Waals surface area contributed by atoms with E-state index in [2.05, 4.69) is 16.3 Å². The van der Waals surface area contributed by atoms with Crippen molar-refractivity contribution in [3.63, 3.8) is 0 Å². The molecule has 0 unspecified atom stereocenters. The number of halogens is 2. The zero-order chi connectivity index (χ0) is 15.9. The van der Waals surface area contributed by atoms with E-state index in [1.807, 2.05) is 12.1 Å². The van der Waals surface area contributed by atoms with Crippen molar-refractivity contribution in [2.24, 2.45) is 5.92 Å². The van der Waals surface area contributed by atoms with Gasteiger partial charge in [-0.3, -0.25) is 4.79 Å². The van der Waals surface area contributed by atoms with Crippen molar-refractivity contribution in [1.29, 1.82) is 5.26 Å². The van der Waals surface area contributed by atoms with E-state index in [0.29, 0.717) is 12.0 Å². The molecule has 2 rings (SSSR count). The second-order valence-corrected chi connectivity index (χ2v) is 5.49. The van der Waals surface area contributed by atoms with Gasteiger partial charge in [-0.05, 0) is 43.0 Å². The van der Waals surface area contributed by atoms with Gasteiger partial charge in [0, 0.05) is 25.2 Å². The van der Waals surface area contributed by atoms with Gasteiger partial charge >= 0.3 is 0 Å². The Labute approximate surface area is 128 Å². The van der Waals surface area contributed by atoms with Gasteiger partial charge in [0.1, 0.15) is 0 Å². The lowest BCUT2D eigenvalue weighted by Crippen LogP contribution is -2.36. The number of benzene rings is 1. The second-order valence-electron chi connectivity index (χ2n) is 5.49. The van der Waals surface area contributed by atoms with Gasteiger partial charge in [-0.1, -0.05) is 0 Å². The van der Waals surface area contributed by atoms with Crippen LogP contribution in [-0.4, -0.2) is 32.0 Å². The van der Waals surface area contributed by atoms with Crippen molar-refractivity contribution < 1.29 is 13.6 Å². The van der Waals surface area contributed by atoms with Crippen LogP contribution in [0.15, 0.2) is 24.3 Å². The highest BCUT2D eigenvalue weighted by atomic mass is 19.3. The summed E-state index contributed by atoms with van der Waals surface area (Å²) in [6.07, 6.45) is -0.458. The number of piperidine rings is 1. The van der Waals surface area contributed by atoms with E-state index in [-0.39, 0.29) is 11.8 Å². The summed E-state index contributed by atoms with van der Waals surface area (Å²) in [5.74, 6) is -0.0515. The van der Waals surface area contributed by atoms with Crippen molar-refractivity contribution in [3.8, 4) is 6.07 Å². The molecule has 0 atom stereocenters. The Morgan fingerprint density at radius 2 is 1.95 bits per heavy atom. The molecule has 0 bridgehead atoms. The van der Waals surface area contributed by atoms with Crippen LogP contribution >= 0.6 is 0 Å². The smallest absolute Gasteiger partial charge is 0.255 e. The summed E-state index contributed by atoms with van der Waals surface area (Å²) in [5.41, 5.74) is 1.70. The fourth-order valence-corrected chi connectivity index (χ4v) is 2.67. The molecule has 0 aromatic heterocycles. The number of rotatable bonds is 5. The minimum atomic E-state index is -2.50. The van der Waals surface area contributed by atoms with Gasteiger partial charge in [0.05, 0.1) is 18.2 Å². The monoisotopic (exact) mass is 307 g/mol. The molecule has 0 radical (unpaired) electrons. The molecule has 22 heavy (non-hydrogen) atoms. The van der Waals surface area contributed by atoms with Crippen LogP contribution in [0.25, 0.3) is 0 Å². The third-order valence-corrected chi connectivity index (χ3v) is 3.90. The number of carbonyl (C=O) groups excluding carboxylic acids is 1. The molecule has 0 spiro atoms. The van der Waals surface area contributed by atoms with Crippen LogP contribution in [-0.2, 0) is 4.79 Å². The zero-order valence-corrected chi connectivity index (χ0v) is 12.3. The Morgan fingerprint density at radius 1 is 1.32 bits per heavy atom. The molecular weight excluding hydrogens is 288 g/mol. The molecule has 6 heteroatoms. The van der Waals surface area contributed by atoms with Crippen LogP contribution in [0.4, 0.5) is 14.5 Å². The molecule has 118 valence electrons. The van der Waals surface area contributed by atoms with Crippen LogP contribution in [0.2, 0.25) is 0 Å². The van der Waals surface area contributed by atoms with Crippen LogP contribution in [0.3, 0.4) is 0 Å². The Hall–Kier alpha value is -2.16. The second kappa shape index (κ2) is 7.74. The molecule has 1 N–H and O–H groups in total. The quantitative estimate of drug-likeness (QED) is 0.909. The highest BCUT2D eigenvalue weighted by Crippen LogP contribution is 2.25. The molecule has 1 aromatic carbocycles. The van der Waals surface area contributed by atoms with Crippen molar-refractivity contribution in [2.45, 2.75) is 25.7 Å². The molecule has 1 aliphatic heterocycles. The average molecular weight is 307 g/mol. The first kappa shape index (κ1) is 16.2. The Morgan fingerprint density at radius 3 is 2.50 bits per heavy atom. The molecule has 0 aliphatic carbocycles. The van der Waals surface area contributed by atoms with Gasteiger partial charge in [0.15, 0.2) is 0 Å². The summed E-state index contributed by atoms with van der Waals surface area (Å²) < 4.78 is 24.1. The number of nitrogens with zero attached hydrogens (tertiary/aromatic N) is 2. The molecule has 4 nitrogen and oxygen atoms in total. The van der Waals surface area contributed by atoms with E-state index in [4.69, 9.17) is 5.26 Å². The average Bonchev–Trinajstić information content (AvgIpc) is 2.54. The van der Waals surface area contributed by atoms with Crippen LogP contribution in [0.1, 0.15) is 24.8 Å². The predicted molar refractivity (Wildman–Crippen MR) is 79.7 cm³/mol. The maximum atomic E-state index is 12.0. The molecule has 0 saturated carbocycles. The predicted octanol–water partition coefficient (Wildman–Crippen LogP) is 2.55. The largest absolute Gasteiger partial charge is 0.372 e.